The number of benzene rings is 1. The molecule has 0 spiro atoms. The summed E-state index contributed by atoms with van der Waals surface area (Å²) in [6.45, 7) is 0.730. The summed E-state index contributed by atoms with van der Waals surface area (Å²) in [5, 5.41) is 3.61. The van der Waals surface area contributed by atoms with Crippen LogP contribution in [0.2, 0.25) is 0 Å². The van der Waals surface area contributed by atoms with Crippen molar-refractivity contribution in [3.05, 3.63) is 40.2 Å². The first-order valence-corrected chi connectivity index (χ1v) is 6.12. The number of aromatic nitrogens is 1. The van der Waals surface area contributed by atoms with Crippen molar-refractivity contribution in [1.82, 2.24) is 5.16 Å². The maximum Gasteiger partial charge on any atom is 0.176 e. The number of nitrogens with zero attached hydrogens (tertiary/aromatic N) is 1. The summed E-state index contributed by atoms with van der Waals surface area (Å²) in [5.74, 6) is 1.89. The van der Waals surface area contributed by atoms with Crippen molar-refractivity contribution in [2.24, 2.45) is 5.73 Å². The lowest BCUT2D eigenvalue weighted by molar-refractivity contribution is 0.238. The summed E-state index contributed by atoms with van der Waals surface area (Å²) in [5.41, 5.74) is 6.57. The second-order valence-corrected chi connectivity index (χ2v) is 4.43. The van der Waals surface area contributed by atoms with Gasteiger partial charge in [-0.05, 0) is 33.6 Å². The van der Waals surface area contributed by atoms with Crippen LogP contribution in [0.1, 0.15) is 11.3 Å². The van der Waals surface area contributed by atoms with Crippen molar-refractivity contribution in [2.75, 3.05) is 7.11 Å². The van der Waals surface area contributed by atoms with E-state index >= 15 is 0 Å². The predicted octanol–water partition coefficient (Wildman–Crippen LogP) is 2.48. The standard InChI is InChI=1S/C12H13BrN2O3/c1-16-11-5-8(6-14)4-10(13)12(11)17-7-9-2-3-15-18-9/h2-5H,6-7,14H2,1H3. The molecule has 18 heavy (non-hydrogen) atoms. The number of rotatable bonds is 5. The molecule has 0 aliphatic heterocycles. The molecule has 0 bridgehead atoms. The second-order valence-electron chi connectivity index (χ2n) is 3.58. The van der Waals surface area contributed by atoms with E-state index in [1.807, 2.05) is 12.1 Å². The molecule has 2 N–H and O–H groups in total. The number of hydrogen-bond donors (Lipinski definition) is 1. The average molecular weight is 313 g/mol. The smallest absolute Gasteiger partial charge is 0.176 e. The summed E-state index contributed by atoms with van der Waals surface area (Å²) in [6.07, 6.45) is 1.57. The van der Waals surface area contributed by atoms with E-state index in [1.165, 1.54) is 0 Å². The first kappa shape index (κ1) is 12.9. The van der Waals surface area contributed by atoms with Crippen LogP contribution in [0.4, 0.5) is 0 Å². The van der Waals surface area contributed by atoms with E-state index in [4.69, 9.17) is 19.7 Å². The van der Waals surface area contributed by atoms with Gasteiger partial charge in [-0.2, -0.15) is 0 Å². The van der Waals surface area contributed by atoms with E-state index in [2.05, 4.69) is 21.1 Å². The van der Waals surface area contributed by atoms with Crippen LogP contribution in [-0.4, -0.2) is 12.3 Å². The summed E-state index contributed by atoms with van der Waals surface area (Å²) in [6, 6.07) is 5.49. The Kier molecular flexibility index (Phi) is 4.22. The zero-order valence-corrected chi connectivity index (χ0v) is 11.4. The molecule has 0 saturated heterocycles. The number of methoxy groups -OCH3 is 1. The molecule has 0 aliphatic rings. The van der Waals surface area contributed by atoms with Gasteiger partial charge in [-0.15, -0.1) is 0 Å². The average Bonchev–Trinajstić information content (AvgIpc) is 2.89. The van der Waals surface area contributed by atoms with Crippen molar-refractivity contribution in [3.8, 4) is 11.5 Å². The topological polar surface area (TPSA) is 70.5 Å². The van der Waals surface area contributed by atoms with Gasteiger partial charge in [-0.3, -0.25) is 0 Å². The Morgan fingerprint density at radius 3 is 2.89 bits per heavy atom. The molecule has 2 aromatic rings. The molecule has 96 valence electrons. The van der Waals surface area contributed by atoms with Crippen LogP contribution < -0.4 is 15.2 Å². The summed E-state index contributed by atoms with van der Waals surface area (Å²) in [4.78, 5) is 0. The van der Waals surface area contributed by atoms with Crippen molar-refractivity contribution >= 4 is 15.9 Å². The monoisotopic (exact) mass is 312 g/mol. The minimum Gasteiger partial charge on any atom is -0.493 e. The summed E-state index contributed by atoms with van der Waals surface area (Å²) >= 11 is 3.44. The molecule has 2 rings (SSSR count). The third-order valence-electron chi connectivity index (χ3n) is 2.37. The van der Waals surface area contributed by atoms with Crippen LogP contribution in [0.15, 0.2) is 33.4 Å². The van der Waals surface area contributed by atoms with Gasteiger partial charge in [0.25, 0.3) is 0 Å². The highest BCUT2D eigenvalue weighted by Gasteiger charge is 2.12. The maximum atomic E-state index is 5.66. The molecule has 0 aliphatic carbocycles. The van der Waals surface area contributed by atoms with E-state index in [0.717, 1.165) is 10.0 Å². The fourth-order valence-electron chi connectivity index (χ4n) is 1.49. The van der Waals surface area contributed by atoms with Gasteiger partial charge < -0.3 is 19.7 Å². The highest BCUT2D eigenvalue weighted by Crippen LogP contribution is 2.37. The van der Waals surface area contributed by atoms with Gasteiger partial charge in [0, 0.05) is 12.6 Å². The van der Waals surface area contributed by atoms with Crippen LogP contribution in [0.3, 0.4) is 0 Å². The highest BCUT2D eigenvalue weighted by molar-refractivity contribution is 9.10. The van der Waals surface area contributed by atoms with Gasteiger partial charge in [0.05, 0.1) is 17.8 Å². The molecule has 1 aromatic carbocycles. The van der Waals surface area contributed by atoms with Gasteiger partial charge in [0.1, 0.15) is 6.61 Å². The Bertz CT molecular complexity index is 514. The molecule has 1 aromatic heterocycles. The van der Waals surface area contributed by atoms with Crippen LogP contribution >= 0.6 is 15.9 Å². The van der Waals surface area contributed by atoms with Gasteiger partial charge in [-0.25, -0.2) is 0 Å². The molecule has 0 atom stereocenters. The van der Waals surface area contributed by atoms with E-state index in [0.29, 0.717) is 23.8 Å². The molecular weight excluding hydrogens is 300 g/mol. The molecular formula is C12H13BrN2O3. The maximum absolute atomic E-state index is 5.66. The molecule has 6 heteroatoms. The predicted molar refractivity (Wildman–Crippen MR) is 69.4 cm³/mol. The highest BCUT2D eigenvalue weighted by atomic mass is 79.9. The lowest BCUT2D eigenvalue weighted by Crippen LogP contribution is -2.01. The zero-order valence-electron chi connectivity index (χ0n) is 9.85. The first-order chi connectivity index (χ1) is 8.74. The molecule has 1 heterocycles. The van der Waals surface area contributed by atoms with Crippen LogP contribution in [0.25, 0.3) is 0 Å². The van der Waals surface area contributed by atoms with E-state index in [9.17, 15) is 0 Å². The third kappa shape index (κ3) is 2.83. The number of nitrogens with two attached hydrogens (primary N) is 1. The largest absolute Gasteiger partial charge is 0.493 e. The number of ether oxygens (including phenoxy) is 2. The summed E-state index contributed by atoms with van der Waals surface area (Å²) in [7, 11) is 1.59. The molecule has 5 nitrogen and oxygen atoms in total. The quantitative estimate of drug-likeness (QED) is 0.918. The Balaban J connectivity index is 2.20. The van der Waals surface area contributed by atoms with E-state index < -0.39 is 0 Å². The number of halogens is 1. The second kappa shape index (κ2) is 5.88. The molecule has 0 radical (unpaired) electrons. The minimum atomic E-state index is 0.289. The van der Waals surface area contributed by atoms with Crippen molar-refractivity contribution < 1.29 is 14.0 Å². The summed E-state index contributed by atoms with van der Waals surface area (Å²) < 4.78 is 16.7. The molecule has 0 amide bonds. The van der Waals surface area contributed by atoms with Crippen LogP contribution in [-0.2, 0) is 13.2 Å². The minimum absolute atomic E-state index is 0.289. The van der Waals surface area contributed by atoms with Gasteiger partial charge >= 0.3 is 0 Å². The van der Waals surface area contributed by atoms with Crippen molar-refractivity contribution in [1.29, 1.82) is 0 Å². The Hall–Kier alpha value is -1.53. The first-order valence-electron chi connectivity index (χ1n) is 5.33. The normalized spacial score (nSPS) is 10.4. The molecule has 0 saturated carbocycles. The Morgan fingerprint density at radius 1 is 1.44 bits per heavy atom. The van der Waals surface area contributed by atoms with Crippen LogP contribution in [0, 0.1) is 0 Å². The zero-order chi connectivity index (χ0) is 13.0. The Morgan fingerprint density at radius 2 is 2.28 bits per heavy atom. The van der Waals surface area contributed by atoms with E-state index in [1.54, 1.807) is 19.4 Å². The van der Waals surface area contributed by atoms with Gasteiger partial charge in [0.2, 0.25) is 0 Å². The SMILES string of the molecule is COc1cc(CN)cc(Br)c1OCc1ccno1. The van der Waals surface area contributed by atoms with Crippen molar-refractivity contribution in [3.63, 3.8) is 0 Å². The lowest BCUT2D eigenvalue weighted by Gasteiger charge is -2.13. The van der Waals surface area contributed by atoms with Crippen molar-refractivity contribution in [2.45, 2.75) is 13.2 Å². The number of hydrogen-bond acceptors (Lipinski definition) is 5. The van der Waals surface area contributed by atoms with Crippen LogP contribution in [0.5, 0.6) is 11.5 Å². The molecule has 0 unspecified atom stereocenters. The Labute approximate surface area is 113 Å². The molecule has 0 fully saturated rings. The lowest BCUT2D eigenvalue weighted by atomic mass is 10.2. The van der Waals surface area contributed by atoms with Gasteiger partial charge in [0.15, 0.2) is 17.3 Å². The fraction of sp³-hybridized carbons (Fsp3) is 0.250. The van der Waals surface area contributed by atoms with E-state index in [-0.39, 0.29) is 6.61 Å². The third-order valence-corrected chi connectivity index (χ3v) is 2.96. The fourth-order valence-corrected chi connectivity index (χ4v) is 2.09. The van der Waals surface area contributed by atoms with Gasteiger partial charge in [-0.1, -0.05) is 5.16 Å².